The van der Waals surface area contributed by atoms with Gasteiger partial charge in [-0.05, 0) is 30.3 Å². The summed E-state index contributed by atoms with van der Waals surface area (Å²) in [4.78, 5) is 39.8. The second-order valence-electron chi connectivity index (χ2n) is 7.37. The summed E-state index contributed by atoms with van der Waals surface area (Å²) in [7, 11) is 1.56. The van der Waals surface area contributed by atoms with Crippen LogP contribution >= 0.6 is 15.9 Å². The van der Waals surface area contributed by atoms with Crippen molar-refractivity contribution in [2.45, 2.75) is 12.5 Å². The van der Waals surface area contributed by atoms with Gasteiger partial charge in [0.05, 0.1) is 18.6 Å². The van der Waals surface area contributed by atoms with Crippen LogP contribution in [0.1, 0.15) is 16.8 Å². The van der Waals surface area contributed by atoms with Gasteiger partial charge in [0.15, 0.2) is 0 Å². The van der Waals surface area contributed by atoms with Crippen LogP contribution in [0.4, 0.5) is 0 Å². The van der Waals surface area contributed by atoms with Gasteiger partial charge in [-0.3, -0.25) is 14.4 Å². The van der Waals surface area contributed by atoms with Crippen molar-refractivity contribution in [2.24, 2.45) is 0 Å². The molecule has 9 nitrogen and oxygen atoms in total. The number of rotatable bonds is 11. The van der Waals surface area contributed by atoms with Crippen molar-refractivity contribution < 1.29 is 33.3 Å². The molecule has 1 saturated heterocycles. The zero-order valence-electron chi connectivity index (χ0n) is 18.8. The van der Waals surface area contributed by atoms with Gasteiger partial charge < -0.3 is 29.2 Å². The predicted molar refractivity (Wildman–Crippen MR) is 127 cm³/mol. The number of para-hydroxylation sites is 1. The summed E-state index contributed by atoms with van der Waals surface area (Å²) in [6, 6.07) is 13.2. The van der Waals surface area contributed by atoms with Crippen LogP contribution in [0.3, 0.4) is 0 Å². The van der Waals surface area contributed by atoms with E-state index in [9.17, 15) is 14.4 Å². The Hall–Kier alpha value is -3.11. The number of benzene rings is 2. The molecule has 0 saturated carbocycles. The van der Waals surface area contributed by atoms with E-state index >= 15 is 0 Å². The predicted octanol–water partition coefficient (Wildman–Crippen LogP) is 2.43. The summed E-state index contributed by atoms with van der Waals surface area (Å²) in [5.41, 5.74) is 0.287. The second kappa shape index (κ2) is 13.0. The monoisotopic (exact) mass is 534 g/mol. The number of hydrogen-bond acceptors (Lipinski definition) is 7. The molecule has 0 spiro atoms. The van der Waals surface area contributed by atoms with Crippen molar-refractivity contribution >= 4 is 33.7 Å². The lowest BCUT2D eigenvalue weighted by atomic mass is 10.1. The molecule has 3 rings (SSSR count). The summed E-state index contributed by atoms with van der Waals surface area (Å²) in [6.45, 7) is 1.37. The van der Waals surface area contributed by atoms with E-state index in [1.165, 1.54) is 4.90 Å². The van der Waals surface area contributed by atoms with Crippen LogP contribution in [-0.4, -0.2) is 75.4 Å². The Labute approximate surface area is 206 Å². The van der Waals surface area contributed by atoms with Crippen LogP contribution in [0, 0.1) is 0 Å². The van der Waals surface area contributed by atoms with Gasteiger partial charge in [-0.2, -0.15) is 0 Å². The molecule has 182 valence electrons. The minimum atomic E-state index is -0.991. The first-order valence-corrected chi connectivity index (χ1v) is 11.6. The Balaban J connectivity index is 1.63. The number of carbonyl (C=O) groups is 3. The lowest BCUT2D eigenvalue weighted by Gasteiger charge is -2.35. The van der Waals surface area contributed by atoms with Gasteiger partial charge in [0.25, 0.3) is 5.91 Å². The van der Waals surface area contributed by atoms with Crippen LogP contribution in [0.15, 0.2) is 53.0 Å². The van der Waals surface area contributed by atoms with Crippen molar-refractivity contribution in [2.75, 3.05) is 46.6 Å². The second-order valence-corrected chi connectivity index (χ2v) is 8.29. The van der Waals surface area contributed by atoms with Gasteiger partial charge >= 0.3 is 5.97 Å². The van der Waals surface area contributed by atoms with Gasteiger partial charge in [-0.25, -0.2) is 0 Å². The van der Waals surface area contributed by atoms with Gasteiger partial charge in [-0.15, -0.1) is 0 Å². The molecule has 1 heterocycles. The molecule has 1 aliphatic rings. The number of nitrogens with zero attached hydrogens (tertiary/aromatic N) is 1. The fraction of sp³-hybridized carbons (Fsp3) is 0.375. The molecule has 34 heavy (non-hydrogen) atoms. The quantitative estimate of drug-likeness (QED) is 0.348. The van der Waals surface area contributed by atoms with Crippen LogP contribution in [-0.2, 0) is 19.1 Å². The minimum absolute atomic E-state index is 0.0269. The fourth-order valence-corrected chi connectivity index (χ4v) is 3.76. The maximum atomic E-state index is 13.4. The van der Waals surface area contributed by atoms with Gasteiger partial charge in [0.1, 0.15) is 37.4 Å². The Kier molecular flexibility index (Phi) is 9.72. The van der Waals surface area contributed by atoms with Crippen LogP contribution in [0.5, 0.6) is 11.5 Å². The van der Waals surface area contributed by atoms with Crippen LogP contribution in [0.25, 0.3) is 0 Å². The lowest BCUT2D eigenvalue weighted by Crippen LogP contribution is -2.57. The topological polar surface area (TPSA) is 103 Å². The van der Waals surface area contributed by atoms with E-state index < -0.39 is 23.8 Å². The zero-order chi connectivity index (χ0) is 24.3. The molecule has 1 unspecified atom stereocenters. The molecule has 0 aromatic heterocycles. The number of esters is 1. The van der Waals surface area contributed by atoms with Crippen molar-refractivity contribution in [1.29, 1.82) is 0 Å². The highest BCUT2D eigenvalue weighted by Gasteiger charge is 2.36. The molecule has 2 aromatic carbocycles. The molecule has 0 radical (unpaired) electrons. The molecule has 0 aliphatic carbocycles. The normalized spacial score (nSPS) is 15.4. The Morgan fingerprint density at radius 1 is 1.06 bits per heavy atom. The van der Waals surface area contributed by atoms with E-state index in [1.54, 1.807) is 37.4 Å². The molecule has 1 N–H and O–H groups in total. The number of hydrogen-bond donors (Lipinski definition) is 1. The molecular weight excluding hydrogens is 508 g/mol. The maximum Gasteiger partial charge on any atom is 0.308 e. The third kappa shape index (κ3) is 7.19. The van der Waals surface area contributed by atoms with E-state index in [1.807, 2.05) is 18.2 Å². The van der Waals surface area contributed by atoms with E-state index in [0.29, 0.717) is 22.6 Å². The number of amides is 2. The third-order valence-electron chi connectivity index (χ3n) is 5.03. The Morgan fingerprint density at radius 3 is 2.59 bits per heavy atom. The summed E-state index contributed by atoms with van der Waals surface area (Å²) in [6.07, 6.45) is -0.267. The first-order chi connectivity index (χ1) is 16.5. The molecule has 2 amide bonds. The number of halogens is 1. The standard InChI is InChI=1S/C24H27BrN2O7/c1-31-11-12-33-21-8-7-17(25)15-19(21)24(30)27-10-9-26-23(29)20(27)16-22(28)34-14-13-32-18-5-3-2-4-6-18/h2-8,15,20H,9-14,16H2,1H3,(H,26,29). The van der Waals surface area contributed by atoms with Gasteiger partial charge in [0, 0.05) is 24.7 Å². The van der Waals surface area contributed by atoms with Crippen molar-refractivity contribution in [3.8, 4) is 11.5 Å². The summed E-state index contributed by atoms with van der Waals surface area (Å²) < 4.78 is 22.1. The average molecular weight is 535 g/mol. The number of ether oxygens (including phenoxy) is 4. The maximum absolute atomic E-state index is 13.4. The summed E-state index contributed by atoms with van der Waals surface area (Å²) >= 11 is 3.37. The first-order valence-electron chi connectivity index (χ1n) is 10.8. The first kappa shape index (κ1) is 25.5. The number of piperazine rings is 1. The molecule has 1 atom stereocenters. The number of methoxy groups -OCH3 is 1. The minimum Gasteiger partial charge on any atom is -0.490 e. The third-order valence-corrected chi connectivity index (χ3v) is 5.52. The SMILES string of the molecule is COCCOc1ccc(Br)cc1C(=O)N1CCNC(=O)C1CC(=O)OCCOc1ccccc1. The highest BCUT2D eigenvalue weighted by molar-refractivity contribution is 9.10. The molecular formula is C24H27BrN2O7. The molecule has 0 bridgehead atoms. The van der Waals surface area contributed by atoms with Crippen LogP contribution < -0.4 is 14.8 Å². The van der Waals surface area contributed by atoms with E-state index in [-0.39, 0.29) is 44.9 Å². The molecule has 10 heteroatoms. The van der Waals surface area contributed by atoms with Crippen LogP contribution in [0.2, 0.25) is 0 Å². The molecule has 1 fully saturated rings. The highest BCUT2D eigenvalue weighted by Crippen LogP contribution is 2.26. The summed E-state index contributed by atoms with van der Waals surface area (Å²) in [5.74, 6) is -0.375. The number of carbonyl (C=O) groups excluding carboxylic acids is 3. The fourth-order valence-electron chi connectivity index (χ4n) is 3.39. The molecule has 1 aliphatic heterocycles. The Morgan fingerprint density at radius 2 is 1.82 bits per heavy atom. The van der Waals surface area contributed by atoms with Crippen molar-refractivity contribution in [1.82, 2.24) is 10.2 Å². The number of nitrogens with one attached hydrogen (secondary N) is 1. The van der Waals surface area contributed by atoms with E-state index in [4.69, 9.17) is 18.9 Å². The van der Waals surface area contributed by atoms with E-state index in [2.05, 4.69) is 21.2 Å². The zero-order valence-corrected chi connectivity index (χ0v) is 20.4. The van der Waals surface area contributed by atoms with Gasteiger partial charge in [-0.1, -0.05) is 34.1 Å². The largest absolute Gasteiger partial charge is 0.490 e. The van der Waals surface area contributed by atoms with Gasteiger partial charge in [0.2, 0.25) is 5.91 Å². The molecule has 2 aromatic rings. The lowest BCUT2D eigenvalue weighted by molar-refractivity contribution is -0.148. The van der Waals surface area contributed by atoms with Crippen molar-refractivity contribution in [3.63, 3.8) is 0 Å². The van der Waals surface area contributed by atoms with Crippen molar-refractivity contribution in [3.05, 3.63) is 58.6 Å². The smallest absolute Gasteiger partial charge is 0.308 e. The highest BCUT2D eigenvalue weighted by atomic mass is 79.9. The Bertz CT molecular complexity index is 987. The average Bonchev–Trinajstić information content (AvgIpc) is 2.84. The van der Waals surface area contributed by atoms with E-state index in [0.717, 1.165) is 0 Å². The summed E-state index contributed by atoms with van der Waals surface area (Å²) in [5, 5.41) is 2.71.